The zero-order valence-electron chi connectivity index (χ0n) is 13.5. The van der Waals surface area contributed by atoms with E-state index in [1.165, 1.54) is 30.6 Å². The molecule has 0 atom stereocenters. The Labute approximate surface area is 133 Å². The molecule has 0 bridgehead atoms. The maximum Gasteiger partial charge on any atom is 0.227 e. The van der Waals surface area contributed by atoms with Gasteiger partial charge in [-0.25, -0.2) is 0 Å². The van der Waals surface area contributed by atoms with E-state index in [4.69, 9.17) is 0 Å². The van der Waals surface area contributed by atoms with Gasteiger partial charge in [-0.05, 0) is 64.1 Å². The molecule has 118 valence electrons. The van der Waals surface area contributed by atoms with Gasteiger partial charge in [-0.3, -0.25) is 4.79 Å². The van der Waals surface area contributed by atoms with Crippen molar-refractivity contribution >= 4 is 5.91 Å². The van der Waals surface area contributed by atoms with Crippen molar-refractivity contribution in [1.82, 2.24) is 10.2 Å². The SMILES string of the molecule is Cc1ccc(CC2(C(=O)NC3(CN4CCC4)CC3)CC2)cc1. The Bertz CT molecular complexity index is 566. The van der Waals surface area contributed by atoms with Crippen molar-refractivity contribution in [1.29, 1.82) is 0 Å². The van der Waals surface area contributed by atoms with E-state index in [-0.39, 0.29) is 11.0 Å². The highest BCUT2D eigenvalue weighted by atomic mass is 16.2. The van der Waals surface area contributed by atoms with Gasteiger partial charge in [-0.1, -0.05) is 29.8 Å². The summed E-state index contributed by atoms with van der Waals surface area (Å²) in [5.41, 5.74) is 2.58. The van der Waals surface area contributed by atoms with E-state index in [0.29, 0.717) is 5.91 Å². The van der Waals surface area contributed by atoms with Crippen molar-refractivity contribution in [2.75, 3.05) is 19.6 Å². The molecule has 3 nitrogen and oxygen atoms in total. The lowest BCUT2D eigenvalue weighted by Crippen LogP contribution is -2.51. The third-order valence-corrected chi connectivity index (χ3v) is 5.71. The fourth-order valence-electron chi connectivity index (χ4n) is 3.55. The molecule has 22 heavy (non-hydrogen) atoms. The van der Waals surface area contributed by atoms with Gasteiger partial charge >= 0.3 is 0 Å². The minimum absolute atomic E-state index is 0.111. The van der Waals surface area contributed by atoms with Crippen molar-refractivity contribution in [3.63, 3.8) is 0 Å². The number of hydrogen-bond donors (Lipinski definition) is 1. The van der Waals surface area contributed by atoms with E-state index in [1.807, 2.05) is 0 Å². The molecule has 3 fully saturated rings. The third kappa shape index (κ3) is 2.79. The summed E-state index contributed by atoms with van der Waals surface area (Å²) in [6, 6.07) is 8.65. The summed E-state index contributed by atoms with van der Waals surface area (Å²) < 4.78 is 0. The van der Waals surface area contributed by atoms with E-state index in [9.17, 15) is 4.79 Å². The summed E-state index contributed by atoms with van der Waals surface area (Å²) in [5.74, 6) is 0.311. The Hall–Kier alpha value is -1.35. The lowest BCUT2D eigenvalue weighted by molar-refractivity contribution is -0.127. The van der Waals surface area contributed by atoms with Gasteiger partial charge in [0.2, 0.25) is 5.91 Å². The maximum atomic E-state index is 12.8. The van der Waals surface area contributed by atoms with Crippen LogP contribution in [0.2, 0.25) is 0 Å². The van der Waals surface area contributed by atoms with Crippen LogP contribution >= 0.6 is 0 Å². The molecular weight excluding hydrogens is 272 g/mol. The molecule has 0 radical (unpaired) electrons. The number of carbonyl (C=O) groups excluding carboxylic acids is 1. The predicted molar refractivity (Wildman–Crippen MR) is 87.7 cm³/mol. The second kappa shape index (κ2) is 5.09. The number of benzene rings is 1. The average molecular weight is 298 g/mol. The highest BCUT2D eigenvalue weighted by Crippen LogP contribution is 2.50. The minimum atomic E-state index is -0.111. The number of likely N-dealkylation sites (tertiary alicyclic amines) is 1. The first-order valence-electron chi connectivity index (χ1n) is 8.70. The summed E-state index contributed by atoms with van der Waals surface area (Å²) >= 11 is 0. The molecule has 1 aromatic rings. The van der Waals surface area contributed by atoms with E-state index >= 15 is 0 Å². The molecule has 2 aliphatic carbocycles. The Morgan fingerprint density at radius 3 is 2.32 bits per heavy atom. The summed E-state index contributed by atoms with van der Waals surface area (Å²) in [5, 5.41) is 3.42. The van der Waals surface area contributed by atoms with Crippen molar-refractivity contribution in [3.8, 4) is 0 Å². The monoisotopic (exact) mass is 298 g/mol. The van der Waals surface area contributed by atoms with Gasteiger partial charge in [0.05, 0.1) is 11.0 Å². The topological polar surface area (TPSA) is 32.3 Å². The molecule has 0 spiro atoms. The van der Waals surface area contributed by atoms with Gasteiger partial charge in [0.1, 0.15) is 0 Å². The molecule has 1 aliphatic heterocycles. The van der Waals surface area contributed by atoms with Crippen LogP contribution in [0, 0.1) is 12.3 Å². The largest absolute Gasteiger partial charge is 0.349 e. The molecule has 1 amide bonds. The molecule has 3 heteroatoms. The molecule has 2 saturated carbocycles. The first-order chi connectivity index (χ1) is 10.6. The Morgan fingerprint density at radius 1 is 1.14 bits per heavy atom. The smallest absolute Gasteiger partial charge is 0.227 e. The zero-order valence-corrected chi connectivity index (χ0v) is 13.5. The number of carbonyl (C=O) groups is 1. The Balaban J connectivity index is 1.38. The van der Waals surface area contributed by atoms with Crippen LogP contribution < -0.4 is 5.32 Å². The number of aryl methyl sites for hydroxylation is 1. The molecule has 1 heterocycles. The van der Waals surface area contributed by atoms with Crippen LogP contribution in [0.5, 0.6) is 0 Å². The second-order valence-electron chi connectivity index (χ2n) is 7.81. The van der Waals surface area contributed by atoms with Gasteiger partial charge in [-0.15, -0.1) is 0 Å². The van der Waals surface area contributed by atoms with Gasteiger partial charge < -0.3 is 10.2 Å². The van der Waals surface area contributed by atoms with Crippen molar-refractivity contribution < 1.29 is 4.79 Å². The second-order valence-corrected chi connectivity index (χ2v) is 7.81. The van der Waals surface area contributed by atoms with E-state index in [0.717, 1.165) is 38.6 Å². The number of amides is 1. The van der Waals surface area contributed by atoms with E-state index in [1.54, 1.807) is 0 Å². The van der Waals surface area contributed by atoms with Crippen LogP contribution in [0.25, 0.3) is 0 Å². The summed E-state index contributed by atoms with van der Waals surface area (Å²) in [6.07, 6.45) is 6.64. The summed E-state index contributed by atoms with van der Waals surface area (Å²) in [4.78, 5) is 15.3. The van der Waals surface area contributed by atoms with Gasteiger partial charge in [-0.2, -0.15) is 0 Å². The predicted octanol–water partition coefficient (Wildman–Crippen LogP) is 2.67. The first kappa shape index (κ1) is 14.3. The van der Waals surface area contributed by atoms with Gasteiger partial charge in [0, 0.05) is 6.54 Å². The van der Waals surface area contributed by atoms with Crippen LogP contribution in [0.1, 0.15) is 43.2 Å². The molecule has 3 aliphatic rings. The normalized spacial score (nSPS) is 24.4. The minimum Gasteiger partial charge on any atom is -0.349 e. The highest BCUT2D eigenvalue weighted by Gasteiger charge is 2.54. The molecule has 1 saturated heterocycles. The van der Waals surface area contributed by atoms with Crippen LogP contribution in [-0.4, -0.2) is 36.0 Å². The van der Waals surface area contributed by atoms with Crippen LogP contribution in [0.4, 0.5) is 0 Å². The maximum absolute atomic E-state index is 12.8. The van der Waals surface area contributed by atoms with Crippen LogP contribution in [0.15, 0.2) is 24.3 Å². The molecule has 1 aromatic carbocycles. The number of rotatable bonds is 6. The fourth-order valence-corrected chi connectivity index (χ4v) is 3.55. The van der Waals surface area contributed by atoms with E-state index < -0.39 is 0 Å². The molecule has 0 unspecified atom stereocenters. The Morgan fingerprint density at radius 2 is 1.82 bits per heavy atom. The molecule has 4 rings (SSSR count). The van der Waals surface area contributed by atoms with Crippen LogP contribution in [0.3, 0.4) is 0 Å². The number of hydrogen-bond acceptors (Lipinski definition) is 2. The highest BCUT2D eigenvalue weighted by molar-refractivity contribution is 5.86. The van der Waals surface area contributed by atoms with Crippen molar-refractivity contribution in [2.45, 2.75) is 51.0 Å². The summed E-state index contributed by atoms with van der Waals surface area (Å²) in [7, 11) is 0. The van der Waals surface area contributed by atoms with Crippen molar-refractivity contribution in [3.05, 3.63) is 35.4 Å². The zero-order chi connectivity index (χ0) is 15.2. The lowest BCUT2D eigenvalue weighted by Gasteiger charge is -2.35. The number of nitrogens with zero attached hydrogens (tertiary/aromatic N) is 1. The Kier molecular flexibility index (Phi) is 3.30. The molecule has 0 aromatic heterocycles. The van der Waals surface area contributed by atoms with Crippen molar-refractivity contribution in [2.24, 2.45) is 5.41 Å². The van der Waals surface area contributed by atoms with Gasteiger partial charge in [0.25, 0.3) is 0 Å². The van der Waals surface area contributed by atoms with Gasteiger partial charge in [0.15, 0.2) is 0 Å². The fraction of sp³-hybridized carbons (Fsp3) is 0.632. The number of nitrogens with one attached hydrogen (secondary N) is 1. The molecular formula is C19H26N2O. The first-order valence-corrected chi connectivity index (χ1v) is 8.70. The van der Waals surface area contributed by atoms with E-state index in [2.05, 4.69) is 41.4 Å². The lowest BCUT2D eigenvalue weighted by atomic mass is 9.94. The standard InChI is InChI=1S/C19H26N2O/c1-15-3-5-16(6-4-15)13-18(7-8-18)17(22)20-19(9-10-19)14-21-11-2-12-21/h3-6H,2,7-14H2,1H3,(H,20,22). The average Bonchev–Trinajstić information content (AvgIpc) is 3.35. The molecule has 1 N–H and O–H groups in total. The van der Waals surface area contributed by atoms with Crippen LogP contribution in [-0.2, 0) is 11.2 Å². The third-order valence-electron chi connectivity index (χ3n) is 5.71. The quantitative estimate of drug-likeness (QED) is 0.876. The summed E-state index contributed by atoms with van der Waals surface area (Å²) in [6.45, 7) is 5.60.